The van der Waals surface area contributed by atoms with Crippen LogP contribution in [0.3, 0.4) is 0 Å². The normalized spacial score (nSPS) is 11.6. The lowest BCUT2D eigenvalue weighted by Crippen LogP contribution is -2.19. The maximum absolute atomic E-state index is 12.7. The Bertz CT molecular complexity index is 1370. The first kappa shape index (κ1) is 19.0. The molecule has 9 heteroatoms. The number of thioether (sulfide) groups is 1. The average Bonchev–Trinajstić information content (AvgIpc) is 2.92. The Morgan fingerprint density at radius 2 is 2.04 bits per heavy atom. The highest BCUT2D eigenvalue weighted by Gasteiger charge is 2.16. The second-order valence-corrected chi connectivity index (χ2v) is 8.95. The molecule has 1 aromatic carbocycles. The summed E-state index contributed by atoms with van der Waals surface area (Å²) in [6, 6.07) is 4.27. The number of aryl methyl sites for hydroxylation is 2. The number of thiophene rings is 1. The van der Waals surface area contributed by atoms with Crippen LogP contribution in [0.2, 0.25) is 5.02 Å². The molecule has 3 heterocycles. The van der Waals surface area contributed by atoms with Gasteiger partial charge in [0, 0.05) is 35.2 Å². The number of nitrogens with zero attached hydrogens (tertiary/aromatic N) is 2. The molecular weight excluding hydrogens is 420 g/mol. The monoisotopic (exact) mass is 434 g/mol. The Balaban J connectivity index is 1.78. The van der Waals surface area contributed by atoms with Gasteiger partial charge in [0.05, 0.1) is 10.4 Å². The number of aromatic hydroxyl groups is 1. The second kappa shape index (κ2) is 6.95. The van der Waals surface area contributed by atoms with Gasteiger partial charge in [-0.2, -0.15) is 0 Å². The minimum atomic E-state index is -0.522. The third kappa shape index (κ3) is 3.11. The first-order chi connectivity index (χ1) is 13.3. The van der Waals surface area contributed by atoms with Crippen LogP contribution in [0.15, 0.2) is 37.4 Å². The fraction of sp³-hybridized carbons (Fsp3) is 0.211. The Labute approximate surface area is 172 Å². The third-order valence-corrected chi connectivity index (χ3v) is 7.11. The minimum Gasteiger partial charge on any atom is -0.506 e. The van der Waals surface area contributed by atoms with Crippen LogP contribution in [-0.4, -0.2) is 14.7 Å². The summed E-state index contributed by atoms with van der Waals surface area (Å²) in [5.41, 5.74) is 1.30. The van der Waals surface area contributed by atoms with Crippen molar-refractivity contribution in [3.05, 3.63) is 60.0 Å². The summed E-state index contributed by atoms with van der Waals surface area (Å²) in [6.07, 6.45) is 0. The van der Waals surface area contributed by atoms with Crippen molar-refractivity contribution >= 4 is 55.9 Å². The molecule has 6 nitrogen and oxygen atoms in total. The van der Waals surface area contributed by atoms with E-state index in [0.717, 1.165) is 10.4 Å². The molecule has 0 saturated carbocycles. The van der Waals surface area contributed by atoms with Crippen LogP contribution in [0.1, 0.15) is 16.0 Å². The highest BCUT2D eigenvalue weighted by molar-refractivity contribution is 7.98. The summed E-state index contributed by atoms with van der Waals surface area (Å²) in [4.78, 5) is 31.1. The fourth-order valence-corrected chi connectivity index (χ4v) is 5.18. The maximum atomic E-state index is 12.7. The van der Waals surface area contributed by atoms with Gasteiger partial charge in [0.15, 0.2) is 5.16 Å². The van der Waals surface area contributed by atoms with Crippen molar-refractivity contribution in [2.24, 2.45) is 7.05 Å². The van der Waals surface area contributed by atoms with Crippen molar-refractivity contribution < 1.29 is 9.52 Å². The maximum Gasteiger partial charge on any atom is 0.336 e. The molecule has 4 rings (SSSR count). The minimum absolute atomic E-state index is 0.0836. The zero-order valence-electron chi connectivity index (χ0n) is 15.2. The summed E-state index contributed by atoms with van der Waals surface area (Å²) in [6.45, 7) is 3.90. The smallest absolute Gasteiger partial charge is 0.336 e. The molecule has 0 amide bonds. The third-order valence-electron chi connectivity index (χ3n) is 4.62. The lowest BCUT2D eigenvalue weighted by molar-refractivity contribution is 0.473. The van der Waals surface area contributed by atoms with Gasteiger partial charge in [0.1, 0.15) is 16.2 Å². The van der Waals surface area contributed by atoms with E-state index in [-0.39, 0.29) is 21.9 Å². The zero-order chi connectivity index (χ0) is 20.2. The van der Waals surface area contributed by atoms with Crippen LogP contribution in [0.4, 0.5) is 0 Å². The van der Waals surface area contributed by atoms with E-state index >= 15 is 0 Å². The van der Waals surface area contributed by atoms with Crippen molar-refractivity contribution in [1.82, 2.24) is 9.55 Å². The Morgan fingerprint density at radius 1 is 1.29 bits per heavy atom. The van der Waals surface area contributed by atoms with Gasteiger partial charge in [0.2, 0.25) is 0 Å². The molecule has 0 radical (unpaired) electrons. The van der Waals surface area contributed by atoms with Crippen molar-refractivity contribution in [3.63, 3.8) is 0 Å². The highest BCUT2D eigenvalue weighted by Crippen LogP contribution is 2.33. The van der Waals surface area contributed by atoms with E-state index in [2.05, 4.69) is 4.98 Å². The molecule has 4 aromatic rings. The summed E-state index contributed by atoms with van der Waals surface area (Å²) in [5.74, 6) is 0.235. The molecule has 0 fully saturated rings. The van der Waals surface area contributed by atoms with Gasteiger partial charge in [-0.05, 0) is 31.0 Å². The average molecular weight is 435 g/mol. The van der Waals surface area contributed by atoms with Gasteiger partial charge < -0.3 is 9.52 Å². The molecule has 0 bridgehead atoms. The number of aromatic nitrogens is 2. The molecule has 28 heavy (non-hydrogen) atoms. The standard InChI is InChI=1S/C19H15ClN2O4S2/c1-8-9(2)28-17-16(8)18(25)22(3)19(21-17)27-7-10-4-15(24)26-14-6-13(23)12(20)5-11(10)14/h4-6,23H,7H2,1-3H3. The molecule has 3 aromatic heterocycles. The number of fused-ring (bicyclic) bond motifs is 2. The van der Waals surface area contributed by atoms with E-state index in [9.17, 15) is 14.7 Å². The van der Waals surface area contributed by atoms with Gasteiger partial charge in [-0.1, -0.05) is 23.4 Å². The molecule has 0 saturated heterocycles. The lowest BCUT2D eigenvalue weighted by atomic mass is 10.1. The van der Waals surface area contributed by atoms with Crippen molar-refractivity contribution in [1.29, 1.82) is 0 Å². The van der Waals surface area contributed by atoms with Gasteiger partial charge in [0.25, 0.3) is 5.56 Å². The second-order valence-electron chi connectivity index (χ2n) is 6.40. The molecule has 1 N–H and O–H groups in total. The van der Waals surface area contributed by atoms with Gasteiger partial charge in [-0.15, -0.1) is 11.3 Å². The molecule has 0 spiro atoms. The molecule has 0 unspecified atom stereocenters. The predicted molar refractivity (Wildman–Crippen MR) is 113 cm³/mol. The topological polar surface area (TPSA) is 85.3 Å². The van der Waals surface area contributed by atoms with Crippen LogP contribution in [0.5, 0.6) is 5.75 Å². The molecule has 0 atom stereocenters. The van der Waals surface area contributed by atoms with Gasteiger partial charge in [-0.3, -0.25) is 9.36 Å². The number of benzene rings is 1. The van der Waals surface area contributed by atoms with E-state index in [0.29, 0.717) is 32.1 Å². The van der Waals surface area contributed by atoms with Crippen LogP contribution in [0.25, 0.3) is 21.2 Å². The summed E-state index contributed by atoms with van der Waals surface area (Å²) in [5, 5.41) is 11.8. The summed E-state index contributed by atoms with van der Waals surface area (Å²) < 4.78 is 6.68. The van der Waals surface area contributed by atoms with Crippen molar-refractivity contribution in [3.8, 4) is 5.75 Å². The lowest BCUT2D eigenvalue weighted by Gasteiger charge is -2.09. The Kier molecular flexibility index (Phi) is 4.73. The Morgan fingerprint density at radius 3 is 2.79 bits per heavy atom. The predicted octanol–water partition coefficient (Wildman–Crippen LogP) is 4.37. The molecule has 0 aliphatic carbocycles. The van der Waals surface area contributed by atoms with E-state index in [1.54, 1.807) is 13.1 Å². The first-order valence-electron chi connectivity index (χ1n) is 8.31. The first-order valence-corrected chi connectivity index (χ1v) is 10.5. The SMILES string of the molecule is Cc1sc2nc(SCc3cc(=O)oc4cc(O)c(Cl)cc34)n(C)c(=O)c2c1C. The molecule has 144 valence electrons. The van der Waals surface area contributed by atoms with Crippen LogP contribution >= 0.6 is 34.7 Å². The van der Waals surface area contributed by atoms with E-state index in [1.165, 1.54) is 39.8 Å². The van der Waals surface area contributed by atoms with Crippen LogP contribution in [0, 0.1) is 13.8 Å². The van der Waals surface area contributed by atoms with E-state index in [1.807, 2.05) is 13.8 Å². The molecule has 0 aliphatic rings. The number of rotatable bonds is 3. The largest absolute Gasteiger partial charge is 0.506 e. The quantitative estimate of drug-likeness (QED) is 0.293. The van der Waals surface area contributed by atoms with Gasteiger partial charge in [-0.25, -0.2) is 9.78 Å². The van der Waals surface area contributed by atoms with E-state index < -0.39 is 5.63 Å². The fourth-order valence-electron chi connectivity index (χ4n) is 2.98. The van der Waals surface area contributed by atoms with Crippen molar-refractivity contribution in [2.45, 2.75) is 24.8 Å². The Hall–Kier alpha value is -2.29. The number of halogens is 1. The van der Waals surface area contributed by atoms with Crippen molar-refractivity contribution in [2.75, 3.05) is 0 Å². The zero-order valence-corrected chi connectivity index (χ0v) is 17.6. The number of hydrogen-bond acceptors (Lipinski definition) is 7. The van der Waals surface area contributed by atoms with E-state index in [4.69, 9.17) is 16.0 Å². The molecule has 0 aliphatic heterocycles. The summed E-state index contributed by atoms with van der Waals surface area (Å²) in [7, 11) is 1.69. The van der Waals surface area contributed by atoms with Crippen LogP contribution < -0.4 is 11.2 Å². The summed E-state index contributed by atoms with van der Waals surface area (Å²) >= 11 is 8.86. The van der Waals surface area contributed by atoms with Gasteiger partial charge >= 0.3 is 5.63 Å². The molecular formula is C19H15ClN2O4S2. The highest BCUT2D eigenvalue weighted by atomic mass is 35.5. The number of hydrogen-bond donors (Lipinski definition) is 1. The van der Waals surface area contributed by atoms with Crippen LogP contribution in [-0.2, 0) is 12.8 Å². The number of phenols is 1. The number of phenolic OH excluding ortho intramolecular Hbond substituents is 1.